The van der Waals surface area contributed by atoms with Gasteiger partial charge in [0.1, 0.15) is 0 Å². The predicted octanol–water partition coefficient (Wildman–Crippen LogP) is 13.6. The molecule has 0 saturated carbocycles. The van der Waals surface area contributed by atoms with Gasteiger partial charge in [-0.05, 0) is 53.9 Å². The Labute approximate surface area is 318 Å². The average Bonchev–Trinajstić information content (AvgIpc) is 3.99. The van der Waals surface area contributed by atoms with Crippen molar-refractivity contribution in [3.63, 3.8) is 0 Å². The Bertz CT molecular complexity index is 3700. The molecule has 0 aliphatic heterocycles. The van der Waals surface area contributed by atoms with E-state index in [1.807, 2.05) is 0 Å². The van der Waals surface area contributed by atoms with Gasteiger partial charge >= 0.3 is 0 Å². The minimum atomic E-state index is 0.731. The van der Waals surface area contributed by atoms with Crippen LogP contribution in [0.2, 0.25) is 0 Å². The van der Waals surface area contributed by atoms with Crippen molar-refractivity contribution in [2.75, 3.05) is 0 Å². The van der Waals surface area contributed by atoms with E-state index in [4.69, 9.17) is 9.97 Å². The van der Waals surface area contributed by atoms with E-state index in [1.165, 1.54) is 80.8 Å². The van der Waals surface area contributed by atoms with E-state index < -0.39 is 0 Å². The molecule has 4 nitrogen and oxygen atoms in total. The Kier molecular flexibility index (Phi) is 5.74. The highest BCUT2D eigenvalue weighted by atomic mass is 32.1. The number of aromatic nitrogens is 4. The van der Waals surface area contributed by atoms with Crippen LogP contribution in [0.25, 0.3) is 119 Å². The highest BCUT2D eigenvalue weighted by Gasteiger charge is 2.25. The molecule has 254 valence electrons. The molecule has 5 heterocycles. The summed E-state index contributed by atoms with van der Waals surface area (Å²) in [4.78, 5) is 10.5. The topological polar surface area (TPSA) is 35.1 Å². The molecule has 0 aliphatic rings. The molecule has 55 heavy (non-hydrogen) atoms. The van der Waals surface area contributed by atoms with Crippen molar-refractivity contribution >= 4 is 102 Å². The normalized spacial score (nSPS) is 12.4. The van der Waals surface area contributed by atoms with E-state index in [-0.39, 0.29) is 0 Å². The monoisotopic (exact) mass is 716 g/mol. The van der Waals surface area contributed by atoms with Crippen LogP contribution in [0, 0.1) is 0 Å². The van der Waals surface area contributed by atoms with Crippen LogP contribution in [-0.4, -0.2) is 18.9 Å². The first-order valence-electron chi connectivity index (χ1n) is 18.7. The minimum Gasteiger partial charge on any atom is -0.309 e. The zero-order valence-corrected chi connectivity index (χ0v) is 30.2. The molecule has 0 amide bonds. The van der Waals surface area contributed by atoms with E-state index in [2.05, 4.69) is 179 Å². The van der Waals surface area contributed by atoms with E-state index in [1.54, 1.807) is 11.3 Å². The van der Waals surface area contributed by atoms with Crippen molar-refractivity contribution in [1.29, 1.82) is 0 Å². The fourth-order valence-corrected chi connectivity index (χ4v) is 10.4. The van der Waals surface area contributed by atoms with Crippen LogP contribution in [0.15, 0.2) is 170 Å². The molecule has 0 aliphatic carbocycles. The number of hydrogen-bond acceptors (Lipinski definition) is 3. The lowest BCUT2D eigenvalue weighted by Gasteiger charge is -2.11. The minimum absolute atomic E-state index is 0.731. The highest BCUT2D eigenvalue weighted by Crippen LogP contribution is 2.48. The Morgan fingerprint density at radius 3 is 1.98 bits per heavy atom. The molecule has 13 aromatic rings. The fourth-order valence-electron chi connectivity index (χ4n) is 9.30. The van der Waals surface area contributed by atoms with Gasteiger partial charge in [0.15, 0.2) is 5.82 Å². The van der Waals surface area contributed by atoms with Crippen LogP contribution in [0.3, 0.4) is 0 Å². The largest absolute Gasteiger partial charge is 0.309 e. The van der Waals surface area contributed by atoms with Crippen molar-refractivity contribution in [1.82, 2.24) is 18.9 Å². The van der Waals surface area contributed by atoms with Gasteiger partial charge in [-0.15, -0.1) is 11.3 Å². The molecule has 0 radical (unpaired) electrons. The lowest BCUT2D eigenvalue weighted by molar-refractivity contribution is 1.18. The van der Waals surface area contributed by atoms with Gasteiger partial charge in [0.05, 0.1) is 43.5 Å². The molecule has 5 aromatic heterocycles. The molecule has 0 N–H and O–H groups in total. The molecule has 0 fully saturated rings. The lowest BCUT2D eigenvalue weighted by atomic mass is 10.0. The van der Waals surface area contributed by atoms with E-state index >= 15 is 0 Å². The smallest absolute Gasteiger partial charge is 0.160 e. The highest BCUT2D eigenvalue weighted by molar-refractivity contribution is 7.26. The van der Waals surface area contributed by atoms with Gasteiger partial charge in [-0.2, -0.15) is 0 Å². The summed E-state index contributed by atoms with van der Waals surface area (Å²) in [6.45, 7) is 0. The van der Waals surface area contributed by atoms with Crippen LogP contribution < -0.4 is 0 Å². The number of nitrogens with zero attached hydrogens (tertiary/aromatic N) is 4. The standard InChI is InChI=1S/C50H28N4S/c1-2-13-30(14-3-1)44-49-45(37-18-8-11-21-42(37)55-49)52-50(51-44)31-22-25-32(26-23-31)53-40-19-9-6-16-34(40)38-28-39-35-27-24-29-12-4-5-15-33(29)46(35)54-41-20-10-7-17-36(41)43(47(38)53)48(39)54/h1-28H. The van der Waals surface area contributed by atoms with Crippen molar-refractivity contribution in [3.05, 3.63) is 170 Å². The predicted molar refractivity (Wildman–Crippen MR) is 232 cm³/mol. The van der Waals surface area contributed by atoms with Crippen molar-refractivity contribution in [2.24, 2.45) is 0 Å². The zero-order valence-electron chi connectivity index (χ0n) is 29.4. The Morgan fingerprint density at radius 1 is 0.436 bits per heavy atom. The summed E-state index contributed by atoms with van der Waals surface area (Å²) in [6.07, 6.45) is 0. The molecule has 0 unspecified atom stereocenters. The van der Waals surface area contributed by atoms with E-state index in [0.717, 1.165) is 38.5 Å². The fraction of sp³-hybridized carbons (Fsp3) is 0. The maximum absolute atomic E-state index is 5.25. The number of fused-ring (bicyclic) bond motifs is 15. The third kappa shape index (κ3) is 3.89. The summed E-state index contributed by atoms with van der Waals surface area (Å²) in [7, 11) is 0. The molecular formula is C50H28N4S. The van der Waals surface area contributed by atoms with Crippen LogP contribution in [0.4, 0.5) is 0 Å². The number of para-hydroxylation sites is 2. The first-order chi connectivity index (χ1) is 27.3. The number of thiophene rings is 1. The maximum atomic E-state index is 5.25. The summed E-state index contributed by atoms with van der Waals surface area (Å²) in [5.74, 6) is 0.731. The molecule has 0 spiro atoms. The summed E-state index contributed by atoms with van der Waals surface area (Å²) in [5, 5.41) is 11.3. The summed E-state index contributed by atoms with van der Waals surface area (Å²) in [5.41, 5.74) is 11.4. The Balaban J connectivity index is 1.09. The van der Waals surface area contributed by atoms with Gasteiger partial charge in [0.25, 0.3) is 0 Å². The van der Waals surface area contributed by atoms with E-state index in [9.17, 15) is 0 Å². The van der Waals surface area contributed by atoms with Crippen LogP contribution in [0.5, 0.6) is 0 Å². The molecular weight excluding hydrogens is 689 g/mol. The second kappa shape index (κ2) is 10.8. The second-order valence-electron chi connectivity index (χ2n) is 14.5. The Hall–Kier alpha value is -7.08. The van der Waals surface area contributed by atoms with Crippen molar-refractivity contribution in [3.8, 4) is 28.3 Å². The van der Waals surface area contributed by atoms with Gasteiger partial charge in [0, 0.05) is 64.6 Å². The maximum Gasteiger partial charge on any atom is 0.160 e. The van der Waals surface area contributed by atoms with Crippen molar-refractivity contribution in [2.45, 2.75) is 0 Å². The number of rotatable bonds is 3. The van der Waals surface area contributed by atoms with Gasteiger partial charge in [0.2, 0.25) is 0 Å². The summed E-state index contributed by atoms with van der Waals surface area (Å²) in [6, 6.07) is 61.5. The SMILES string of the molecule is c1ccc(-c2nc(-c3ccc(-n4c5ccccc5c5cc6c7ccc8ccccc8c7n7c8ccccc8c(c54)c67)cc3)nc3c2sc2ccccc23)cc1. The molecule has 13 rings (SSSR count). The van der Waals surface area contributed by atoms with Gasteiger partial charge in [-0.25, -0.2) is 9.97 Å². The molecule has 0 bridgehead atoms. The number of benzene rings is 8. The average molecular weight is 717 g/mol. The zero-order chi connectivity index (χ0) is 35.8. The third-order valence-corrected chi connectivity index (χ3v) is 12.8. The quantitative estimate of drug-likeness (QED) is 0.182. The summed E-state index contributed by atoms with van der Waals surface area (Å²) >= 11 is 1.76. The third-order valence-electron chi connectivity index (χ3n) is 11.6. The van der Waals surface area contributed by atoms with Crippen LogP contribution >= 0.6 is 11.3 Å². The van der Waals surface area contributed by atoms with Crippen LogP contribution in [0.1, 0.15) is 0 Å². The second-order valence-corrected chi connectivity index (χ2v) is 15.6. The summed E-state index contributed by atoms with van der Waals surface area (Å²) < 4.78 is 7.33. The van der Waals surface area contributed by atoms with Gasteiger partial charge in [-0.3, -0.25) is 0 Å². The van der Waals surface area contributed by atoms with Crippen molar-refractivity contribution < 1.29 is 0 Å². The first-order valence-corrected chi connectivity index (χ1v) is 19.5. The van der Waals surface area contributed by atoms with E-state index in [0.29, 0.717) is 0 Å². The molecule has 0 atom stereocenters. The molecule has 8 aromatic carbocycles. The first kappa shape index (κ1) is 29.4. The van der Waals surface area contributed by atoms with Gasteiger partial charge in [-0.1, -0.05) is 121 Å². The lowest BCUT2D eigenvalue weighted by Crippen LogP contribution is -1.96. The van der Waals surface area contributed by atoms with Gasteiger partial charge < -0.3 is 8.97 Å². The molecule has 0 saturated heterocycles. The number of hydrogen-bond donors (Lipinski definition) is 0. The van der Waals surface area contributed by atoms with Crippen LogP contribution in [-0.2, 0) is 0 Å². The molecule has 5 heteroatoms. The Morgan fingerprint density at radius 2 is 1.13 bits per heavy atom.